The smallest absolute Gasteiger partial charge is 0.257 e. The van der Waals surface area contributed by atoms with Gasteiger partial charge in [-0.3, -0.25) is 39.1 Å². The number of hydrogen-bond donors (Lipinski definition) is 11. The number of hydrogen-bond acceptors (Lipinski definition) is 20. The molecule has 592 valence electrons. The molecule has 1 aliphatic heterocycles. The van der Waals surface area contributed by atoms with Crippen LogP contribution in [0.25, 0.3) is 45.0 Å². The SMILES string of the molecule is Cc1nc(N2CCNCC2)ccc1C(=O)Nc1ccc(Cl)c(-c2ccccn2)c1.Cc1nc(NCCc2cnc[nH]2)ccc1C(=O)Nc1ccc(Cl)c(-c2ccccn2)c1.Cc1nc(NC[C@@H](C)O)ccc1C(=O)Nc1ccc(Cl)c(-c2ccccn2)c1.Cc1nc(NC[C@H](C)O)ccc1C(=O)Nc1ccc(Cl)c(-c2ccccn2)c1. The van der Waals surface area contributed by atoms with E-state index in [0.717, 1.165) is 95.0 Å². The van der Waals surface area contributed by atoms with Crippen LogP contribution < -0.4 is 47.4 Å². The molecule has 2 atom stereocenters. The number of nitrogens with one attached hydrogen (secondary N) is 9. The Morgan fingerprint density at radius 3 is 1.04 bits per heavy atom. The maximum absolute atomic E-state index is 12.8. The summed E-state index contributed by atoms with van der Waals surface area (Å²) in [4.78, 5) is 95.5. The number of amides is 4. The first-order valence-electron chi connectivity index (χ1n) is 37.1. The van der Waals surface area contributed by atoms with E-state index in [1.807, 2.05) is 111 Å². The highest BCUT2D eigenvalue weighted by Gasteiger charge is 2.21. The topological polar surface area (TPSA) is 340 Å². The first-order chi connectivity index (χ1) is 56.1. The van der Waals surface area contributed by atoms with Gasteiger partial charge < -0.3 is 62.6 Å². The van der Waals surface area contributed by atoms with Crippen molar-refractivity contribution >= 4 is 116 Å². The monoisotopic (exact) mass is 1630 g/mol. The van der Waals surface area contributed by atoms with Crippen molar-refractivity contribution in [1.29, 1.82) is 0 Å². The number of anilines is 8. The summed E-state index contributed by atoms with van der Waals surface area (Å²) >= 11 is 25.2. The number of nitrogens with zero attached hydrogens (tertiary/aromatic N) is 10. The first-order valence-corrected chi connectivity index (χ1v) is 38.6. The molecule has 13 aromatic rings. The average Bonchev–Trinajstić information content (AvgIpc) is 0.925. The van der Waals surface area contributed by atoms with E-state index in [0.29, 0.717) is 119 Å². The van der Waals surface area contributed by atoms with Gasteiger partial charge in [0.1, 0.15) is 23.3 Å². The number of imidazole rings is 1. The van der Waals surface area contributed by atoms with Crippen LogP contribution in [0.1, 0.15) is 83.7 Å². The van der Waals surface area contributed by atoms with Crippen LogP contribution in [0.3, 0.4) is 0 Å². The van der Waals surface area contributed by atoms with E-state index in [9.17, 15) is 29.4 Å². The molecule has 1 saturated heterocycles. The molecule has 25 nitrogen and oxygen atoms in total. The summed E-state index contributed by atoms with van der Waals surface area (Å²) in [5.41, 5.74) is 14.1. The molecule has 29 heteroatoms. The lowest BCUT2D eigenvalue weighted by molar-refractivity contribution is 0.101. The third-order valence-electron chi connectivity index (χ3n) is 17.8. The molecule has 0 bridgehead atoms. The van der Waals surface area contributed by atoms with Crippen molar-refractivity contribution < 1.29 is 29.4 Å². The van der Waals surface area contributed by atoms with Crippen molar-refractivity contribution in [2.75, 3.05) is 87.9 Å². The van der Waals surface area contributed by atoms with Gasteiger partial charge in [0.25, 0.3) is 23.6 Å². The predicted molar refractivity (Wildman–Crippen MR) is 463 cm³/mol. The zero-order valence-electron chi connectivity index (χ0n) is 64.3. The third-order valence-corrected chi connectivity index (χ3v) is 19.1. The number of aromatic nitrogens is 10. The van der Waals surface area contributed by atoms with Gasteiger partial charge in [0.15, 0.2) is 0 Å². The number of piperazine rings is 1. The van der Waals surface area contributed by atoms with Gasteiger partial charge >= 0.3 is 0 Å². The van der Waals surface area contributed by atoms with Crippen molar-refractivity contribution in [3.05, 3.63) is 302 Å². The number of aryl methyl sites for hydroxylation is 4. The second-order valence-electron chi connectivity index (χ2n) is 26.7. The Morgan fingerprint density at radius 2 is 0.750 bits per heavy atom. The molecule has 0 radical (unpaired) electrons. The summed E-state index contributed by atoms with van der Waals surface area (Å²) < 4.78 is 0. The zero-order valence-corrected chi connectivity index (χ0v) is 67.3. The summed E-state index contributed by atoms with van der Waals surface area (Å²) in [6, 6.07) is 57.8. The molecule has 0 unspecified atom stereocenters. The quantitative estimate of drug-likeness (QED) is 0.0283. The zero-order chi connectivity index (χ0) is 82.0. The van der Waals surface area contributed by atoms with Crippen LogP contribution >= 0.6 is 46.4 Å². The van der Waals surface area contributed by atoms with Crippen LogP contribution in [0.15, 0.2) is 231 Å². The third kappa shape index (κ3) is 24.0. The van der Waals surface area contributed by atoms with Gasteiger partial charge in [-0.15, -0.1) is 0 Å². The number of H-pyrrole nitrogens is 1. The number of aromatic amines is 1. The Kier molecular flexibility index (Phi) is 30.1. The minimum atomic E-state index is -0.483. The Balaban J connectivity index is 0.000000152. The first kappa shape index (κ1) is 84.3. The van der Waals surface area contributed by atoms with Gasteiger partial charge in [0.05, 0.1) is 106 Å². The number of aliphatic hydroxyl groups is 2. The highest BCUT2D eigenvalue weighted by atomic mass is 35.5. The van der Waals surface area contributed by atoms with Crippen molar-refractivity contribution in [2.45, 2.75) is 60.2 Å². The summed E-state index contributed by atoms with van der Waals surface area (Å²) in [7, 11) is 0. The fourth-order valence-corrected chi connectivity index (χ4v) is 12.7. The fraction of sp³-hybridized carbons (Fsp3) is 0.184. The van der Waals surface area contributed by atoms with Crippen LogP contribution in [0, 0.1) is 27.7 Å². The summed E-state index contributed by atoms with van der Waals surface area (Å²) in [5, 5.41) is 45.2. The lowest BCUT2D eigenvalue weighted by Crippen LogP contribution is -2.44. The molecule has 116 heavy (non-hydrogen) atoms. The van der Waals surface area contributed by atoms with E-state index in [1.165, 1.54) is 0 Å². The second-order valence-corrected chi connectivity index (χ2v) is 28.3. The van der Waals surface area contributed by atoms with Gasteiger partial charge in [0, 0.05) is 134 Å². The van der Waals surface area contributed by atoms with Gasteiger partial charge in [-0.2, -0.15) is 0 Å². The molecule has 0 aliphatic carbocycles. The van der Waals surface area contributed by atoms with Crippen LogP contribution in [0.2, 0.25) is 20.1 Å². The fourth-order valence-electron chi connectivity index (χ4n) is 11.9. The van der Waals surface area contributed by atoms with Crippen LogP contribution in [-0.2, 0) is 6.42 Å². The Bertz CT molecular complexity index is 5340. The van der Waals surface area contributed by atoms with Crippen LogP contribution in [0.4, 0.5) is 46.0 Å². The van der Waals surface area contributed by atoms with Crippen LogP contribution in [0.5, 0.6) is 0 Å². The molecular weight excluding hydrogens is 1550 g/mol. The highest BCUT2D eigenvalue weighted by Crippen LogP contribution is 2.34. The van der Waals surface area contributed by atoms with Crippen LogP contribution in [-0.4, -0.2) is 142 Å². The molecule has 14 rings (SSSR count). The normalized spacial score (nSPS) is 12.0. The second kappa shape index (κ2) is 41.4. The molecule has 10 heterocycles. The minimum absolute atomic E-state index is 0.198. The Hall–Kier alpha value is -12.6. The molecule has 9 aromatic heterocycles. The maximum atomic E-state index is 12.8. The van der Waals surface area contributed by atoms with Gasteiger partial charge in [-0.1, -0.05) is 70.7 Å². The number of pyridine rings is 8. The molecular formula is C87H85Cl4N19O6. The summed E-state index contributed by atoms with van der Waals surface area (Å²) in [6.45, 7) is 15.8. The molecule has 0 spiro atoms. The van der Waals surface area contributed by atoms with E-state index < -0.39 is 12.2 Å². The Labute approximate surface area is 691 Å². The van der Waals surface area contributed by atoms with E-state index in [4.69, 9.17) is 46.4 Å². The van der Waals surface area contributed by atoms with E-state index in [1.54, 1.807) is 162 Å². The molecule has 1 aliphatic rings. The maximum Gasteiger partial charge on any atom is 0.257 e. The average molecular weight is 1630 g/mol. The lowest BCUT2D eigenvalue weighted by Gasteiger charge is -2.28. The van der Waals surface area contributed by atoms with Gasteiger partial charge in [-0.25, -0.2) is 24.9 Å². The highest BCUT2D eigenvalue weighted by molar-refractivity contribution is 6.35. The van der Waals surface area contributed by atoms with Crippen molar-refractivity contribution in [2.24, 2.45) is 0 Å². The Morgan fingerprint density at radius 1 is 0.422 bits per heavy atom. The van der Waals surface area contributed by atoms with Crippen molar-refractivity contribution in [3.63, 3.8) is 0 Å². The number of halogens is 4. The minimum Gasteiger partial charge on any atom is -0.392 e. The largest absolute Gasteiger partial charge is 0.392 e. The van der Waals surface area contributed by atoms with Gasteiger partial charge in [-0.05, 0) is 211 Å². The molecule has 11 N–H and O–H groups in total. The number of rotatable bonds is 23. The van der Waals surface area contributed by atoms with E-state index in [2.05, 4.69) is 97.3 Å². The van der Waals surface area contributed by atoms with Crippen molar-refractivity contribution in [1.82, 2.24) is 55.2 Å². The van der Waals surface area contributed by atoms with E-state index in [-0.39, 0.29) is 23.6 Å². The summed E-state index contributed by atoms with van der Waals surface area (Å²) in [5.74, 6) is 1.89. The number of carbonyl (C=O) groups is 4. The standard InChI is InChI=1S/C23H21ClN6O.C22H22ClN5O.2C21H21ClN4O2/c1-15-18(6-8-22(29-15)27-11-9-17-13-25-14-28-17)23(31)30-16-5-7-20(24)19(12-16)21-4-2-3-10-26-21;1-15-17(6-8-21(26-15)28-12-10-24-11-13-28)22(29)27-16-5-7-19(23)18(14-16)20-4-2-3-9-25-20;2*1-13(27)12-24-20-9-7-16(14(2)25-20)21(28)26-15-6-8-18(22)17(11-15)19-5-3-4-10-23-19/h2-8,10,12-14H,9,11H2,1H3,(H,25,28)(H,27,29)(H,30,31);2-9,14,24H,10-13H2,1H3,(H,27,29);2*3-11,13,27H,12H2,1-2H3,(H,24,25)(H,26,28)/t;;2*13-/m..10/s1. The molecule has 1 fully saturated rings. The molecule has 0 saturated carbocycles. The predicted octanol–water partition coefficient (Wildman–Crippen LogP) is 16.8. The van der Waals surface area contributed by atoms with Gasteiger partial charge in [0.2, 0.25) is 0 Å². The number of benzene rings is 4. The number of aliphatic hydroxyl groups excluding tert-OH is 2. The number of carbonyl (C=O) groups excluding carboxylic acids is 4. The van der Waals surface area contributed by atoms with E-state index >= 15 is 0 Å². The molecule has 4 aromatic carbocycles. The van der Waals surface area contributed by atoms with Crippen molar-refractivity contribution in [3.8, 4) is 45.0 Å². The lowest BCUT2D eigenvalue weighted by atomic mass is 10.1. The molecule has 4 amide bonds. The summed E-state index contributed by atoms with van der Waals surface area (Å²) in [6.07, 6.45) is 10.1.